The smallest absolute Gasteiger partial charge is 0.264 e. The van der Waals surface area contributed by atoms with E-state index in [4.69, 9.17) is 0 Å². The van der Waals surface area contributed by atoms with Gasteiger partial charge in [0, 0.05) is 19.0 Å². The van der Waals surface area contributed by atoms with Gasteiger partial charge in [-0.15, -0.1) is 0 Å². The molecule has 45 heavy (non-hydrogen) atoms. The number of sulfonamides is 1. The predicted molar refractivity (Wildman–Crippen MR) is 180 cm³/mol. The third-order valence-electron chi connectivity index (χ3n) is 8.13. The highest BCUT2D eigenvalue weighted by Crippen LogP contribution is 2.27. The lowest BCUT2D eigenvalue weighted by Gasteiger charge is -2.34. The molecule has 0 spiro atoms. The lowest BCUT2D eigenvalue weighted by molar-refractivity contribution is -0.140. The largest absolute Gasteiger partial charge is 0.352 e. The average Bonchev–Trinajstić information content (AvgIpc) is 3.03. The number of nitrogens with one attached hydrogen (secondary N) is 1. The van der Waals surface area contributed by atoms with Crippen LogP contribution in [0, 0.1) is 20.8 Å². The lowest BCUT2D eigenvalue weighted by Crippen LogP contribution is -2.54. The normalized spacial score (nSPS) is 12.6. The summed E-state index contributed by atoms with van der Waals surface area (Å²) in [6, 6.07) is 30.0. The maximum Gasteiger partial charge on any atom is 0.264 e. The number of amides is 2. The fourth-order valence-corrected chi connectivity index (χ4v) is 6.43. The summed E-state index contributed by atoms with van der Waals surface area (Å²) in [6.45, 7) is 9.32. The van der Waals surface area contributed by atoms with Gasteiger partial charge in [0.25, 0.3) is 10.0 Å². The van der Waals surface area contributed by atoms with Gasteiger partial charge in [0.2, 0.25) is 11.8 Å². The van der Waals surface area contributed by atoms with Crippen molar-refractivity contribution in [1.29, 1.82) is 0 Å². The molecule has 0 saturated heterocycles. The molecular formula is C37H43N3O4S. The van der Waals surface area contributed by atoms with Crippen LogP contribution >= 0.6 is 0 Å². The van der Waals surface area contributed by atoms with E-state index in [1.54, 1.807) is 36.4 Å². The highest BCUT2D eigenvalue weighted by molar-refractivity contribution is 7.92. The van der Waals surface area contributed by atoms with Gasteiger partial charge < -0.3 is 10.2 Å². The zero-order valence-corrected chi connectivity index (χ0v) is 27.6. The second-order valence-electron chi connectivity index (χ2n) is 11.6. The van der Waals surface area contributed by atoms with Crippen LogP contribution in [0.1, 0.15) is 48.1 Å². The van der Waals surface area contributed by atoms with Gasteiger partial charge in [-0.25, -0.2) is 8.42 Å². The summed E-state index contributed by atoms with van der Waals surface area (Å²) in [7, 11) is -4.14. The number of aryl methyl sites for hydroxylation is 3. The van der Waals surface area contributed by atoms with Crippen molar-refractivity contribution in [2.75, 3.05) is 10.8 Å². The minimum atomic E-state index is -4.14. The summed E-state index contributed by atoms with van der Waals surface area (Å²) >= 11 is 0. The minimum Gasteiger partial charge on any atom is -0.352 e. The monoisotopic (exact) mass is 625 g/mol. The summed E-state index contributed by atoms with van der Waals surface area (Å²) in [5, 5.41) is 3.07. The van der Waals surface area contributed by atoms with E-state index in [9.17, 15) is 18.0 Å². The van der Waals surface area contributed by atoms with Gasteiger partial charge in [-0.3, -0.25) is 13.9 Å². The quantitative estimate of drug-likeness (QED) is 0.187. The van der Waals surface area contributed by atoms with Crippen molar-refractivity contribution in [2.24, 2.45) is 0 Å². The van der Waals surface area contributed by atoms with E-state index in [2.05, 4.69) is 5.32 Å². The van der Waals surface area contributed by atoms with Crippen molar-refractivity contribution in [3.8, 4) is 0 Å². The Hall–Kier alpha value is -4.43. The SMILES string of the molecule is CC[C@H](C)NC(=O)[C@H](Cc1ccccc1)N(Cc1ccccc1)C(=O)CN(c1ccc(C)c(C)c1)S(=O)(=O)c1ccc(C)cc1. The van der Waals surface area contributed by atoms with Crippen LogP contribution in [-0.2, 0) is 32.6 Å². The second kappa shape index (κ2) is 15.0. The molecule has 0 unspecified atom stereocenters. The van der Waals surface area contributed by atoms with Crippen molar-refractivity contribution in [3.05, 3.63) is 131 Å². The molecule has 2 amide bonds. The van der Waals surface area contributed by atoms with Crippen molar-refractivity contribution in [2.45, 2.75) is 71.0 Å². The van der Waals surface area contributed by atoms with E-state index >= 15 is 0 Å². The Bertz CT molecular complexity index is 1690. The van der Waals surface area contributed by atoms with Gasteiger partial charge in [0.15, 0.2) is 0 Å². The molecule has 4 aromatic carbocycles. The Morgan fingerprint density at radius 1 is 0.778 bits per heavy atom. The average molecular weight is 626 g/mol. The number of hydrogen-bond acceptors (Lipinski definition) is 4. The lowest BCUT2D eigenvalue weighted by atomic mass is 10.0. The number of carbonyl (C=O) groups excluding carboxylic acids is 2. The standard InChI is InChI=1S/C37H43N3O4S/c1-6-30(5)38-37(42)35(24-31-13-9-7-10-14-31)39(25-32-15-11-8-12-16-32)36(41)26-40(33-20-19-28(3)29(4)23-33)45(43,44)34-21-17-27(2)18-22-34/h7-23,30,35H,6,24-26H2,1-5H3,(H,38,42)/t30-,35-/m0/s1. The topological polar surface area (TPSA) is 86.8 Å². The van der Waals surface area contributed by atoms with Crippen molar-refractivity contribution < 1.29 is 18.0 Å². The first-order chi connectivity index (χ1) is 21.5. The molecule has 0 aromatic heterocycles. The molecule has 4 rings (SSSR count). The van der Waals surface area contributed by atoms with Gasteiger partial charge >= 0.3 is 0 Å². The predicted octanol–water partition coefficient (Wildman–Crippen LogP) is 6.36. The summed E-state index contributed by atoms with van der Waals surface area (Å²) in [5.74, 6) is -0.760. The Labute approximate surface area is 268 Å². The molecule has 2 atom stereocenters. The van der Waals surface area contributed by atoms with Crippen LogP contribution in [-0.4, -0.2) is 43.8 Å². The minimum absolute atomic E-state index is 0.0871. The Kier molecular flexibility index (Phi) is 11.2. The number of benzene rings is 4. The van der Waals surface area contributed by atoms with Crippen LogP contribution < -0.4 is 9.62 Å². The molecule has 0 saturated carbocycles. The van der Waals surface area contributed by atoms with E-state index in [-0.39, 0.29) is 29.8 Å². The first-order valence-corrected chi connectivity index (χ1v) is 16.8. The third-order valence-corrected chi connectivity index (χ3v) is 9.92. The molecule has 0 aliphatic rings. The molecule has 0 fully saturated rings. The summed E-state index contributed by atoms with van der Waals surface area (Å²) < 4.78 is 29.6. The van der Waals surface area contributed by atoms with Crippen LogP contribution in [0.25, 0.3) is 0 Å². The van der Waals surface area contributed by atoms with E-state index in [1.807, 2.05) is 101 Å². The van der Waals surface area contributed by atoms with Crippen LogP contribution in [0.3, 0.4) is 0 Å². The Morgan fingerprint density at radius 2 is 1.38 bits per heavy atom. The molecule has 0 aliphatic carbocycles. The maximum atomic E-state index is 14.5. The van der Waals surface area contributed by atoms with E-state index in [1.165, 1.54) is 4.90 Å². The van der Waals surface area contributed by atoms with Crippen LogP contribution in [0.5, 0.6) is 0 Å². The second-order valence-corrected chi connectivity index (χ2v) is 13.5. The zero-order valence-electron chi connectivity index (χ0n) is 26.7. The molecule has 4 aromatic rings. The number of rotatable bonds is 13. The molecule has 8 heteroatoms. The maximum absolute atomic E-state index is 14.5. The number of nitrogens with zero attached hydrogens (tertiary/aromatic N) is 2. The molecule has 0 heterocycles. The summed E-state index contributed by atoms with van der Waals surface area (Å²) in [4.78, 5) is 30.1. The fourth-order valence-electron chi connectivity index (χ4n) is 5.02. The van der Waals surface area contributed by atoms with Crippen molar-refractivity contribution in [1.82, 2.24) is 10.2 Å². The van der Waals surface area contributed by atoms with Crippen LogP contribution in [0.4, 0.5) is 5.69 Å². The van der Waals surface area contributed by atoms with Gasteiger partial charge in [-0.1, -0.05) is 91.3 Å². The highest BCUT2D eigenvalue weighted by atomic mass is 32.2. The van der Waals surface area contributed by atoms with Gasteiger partial charge in [-0.05, 0) is 80.6 Å². The number of anilines is 1. The fraction of sp³-hybridized carbons (Fsp3) is 0.297. The molecule has 1 N–H and O–H groups in total. The molecule has 0 bridgehead atoms. The third kappa shape index (κ3) is 8.60. The van der Waals surface area contributed by atoms with E-state index in [0.29, 0.717) is 5.69 Å². The summed E-state index contributed by atoms with van der Waals surface area (Å²) in [5.41, 5.74) is 4.95. The van der Waals surface area contributed by atoms with Gasteiger partial charge in [0.1, 0.15) is 12.6 Å². The van der Waals surface area contributed by atoms with E-state index < -0.39 is 28.5 Å². The van der Waals surface area contributed by atoms with Crippen LogP contribution in [0.15, 0.2) is 108 Å². The zero-order chi connectivity index (χ0) is 32.6. The number of carbonyl (C=O) groups is 2. The van der Waals surface area contributed by atoms with Crippen LogP contribution in [0.2, 0.25) is 0 Å². The molecular weight excluding hydrogens is 582 g/mol. The molecule has 236 valence electrons. The Morgan fingerprint density at radius 3 is 1.96 bits per heavy atom. The van der Waals surface area contributed by atoms with Crippen molar-refractivity contribution >= 4 is 27.5 Å². The Balaban J connectivity index is 1.81. The van der Waals surface area contributed by atoms with Gasteiger partial charge in [-0.2, -0.15) is 0 Å². The molecule has 0 radical (unpaired) electrons. The summed E-state index contributed by atoms with van der Waals surface area (Å²) in [6.07, 6.45) is 1.00. The molecule has 7 nitrogen and oxygen atoms in total. The van der Waals surface area contributed by atoms with Gasteiger partial charge in [0.05, 0.1) is 10.6 Å². The molecule has 0 aliphatic heterocycles. The van der Waals surface area contributed by atoms with Crippen molar-refractivity contribution in [3.63, 3.8) is 0 Å². The van der Waals surface area contributed by atoms with E-state index in [0.717, 1.165) is 38.5 Å². The first kappa shape index (κ1) is 33.5. The highest BCUT2D eigenvalue weighted by Gasteiger charge is 2.35. The first-order valence-electron chi connectivity index (χ1n) is 15.3. The number of hydrogen-bond donors (Lipinski definition) is 1.